The predicted octanol–water partition coefficient (Wildman–Crippen LogP) is 0.965. The zero-order valence-corrected chi connectivity index (χ0v) is 4.79. The lowest BCUT2D eigenvalue weighted by atomic mass is 10.1. The Morgan fingerprint density at radius 2 is 2.44 bits per heavy atom. The second kappa shape index (κ2) is 2.27. The Bertz CT molecular complexity index is 230. The van der Waals surface area contributed by atoms with Crippen LogP contribution in [0.2, 0.25) is 0 Å². The van der Waals surface area contributed by atoms with Crippen LogP contribution in [0.3, 0.4) is 0 Å². The Hall–Kier alpha value is -1.36. The molecule has 9 heavy (non-hydrogen) atoms. The van der Waals surface area contributed by atoms with Crippen molar-refractivity contribution >= 4 is 5.78 Å². The maximum atomic E-state index is 10.6. The van der Waals surface area contributed by atoms with Crippen LogP contribution in [0, 0.1) is 11.3 Å². The van der Waals surface area contributed by atoms with E-state index in [4.69, 9.17) is 5.26 Å². The molecule has 0 aliphatic heterocycles. The monoisotopic (exact) mass is 119 g/mol. The zero-order chi connectivity index (χ0) is 6.69. The maximum absolute atomic E-state index is 10.6. The van der Waals surface area contributed by atoms with Gasteiger partial charge in [0.15, 0.2) is 5.78 Å². The van der Waals surface area contributed by atoms with Crippen molar-refractivity contribution in [2.24, 2.45) is 0 Å². The van der Waals surface area contributed by atoms with E-state index in [0.29, 0.717) is 6.42 Å². The molecule has 0 amide bonds. The van der Waals surface area contributed by atoms with Gasteiger partial charge < -0.3 is 0 Å². The van der Waals surface area contributed by atoms with Gasteiger partial charge in [-0.15, -0.1) is 0 Å². The SMILES string of the molecule is N#CC1=CCC=CC1=O. The van der Waals surface area contributed by atoms with Crippen LogP contribution >= 0.6 is 0 Å². The van der Waals surface area contributed by atoms with Crippen molar-refractivity contribution in [2.45, 2.75) is 6.42 Å². The molecule has 1 aliphatic rings. The van der Waals surface area contributed by atoms with Crippen LogP contribution in [0.1, 0.15) is 6.42 Å². The summed E-state index contributed by atoms with van der Waals surface area (Å²) in [6.45, 7) is 0. The van der Waals surface area contributed by atoms with Gasteiger partial charge in [0.1, 0.15) is 6.07 Å². The molecule has 2 nitrogen and oxygen atoms in total. The molecule has 44 valence electrons. The molecule has 0 bridgehead atoms. The van der Waals surface area contributed by atoms with Crippen LogP contribution in [-0.2, 0) is 4.79 Å². The number of nitriles is 1. The van der Waals surface area contributed by atoms with Gasteiger partial charge in [0, 0.05) is 0 Å². The minimum atomic E-state index is -0.177. The maximum Gasteiger partial charge on any atom is 0.195 e. The predicted molar refractivity (Wildman–Crippen MR) is 32.5 cm³/mol. The Morgan fingerprint density at radius 1 is 1.67 bits per heavy atom. The summed E-state index contributed by atoms with van der Waals surface area (Å²) in [6, 6.07) is 1.81. The molecule has 0 aromatic heterocycles. The second-order valence-corrected chi connectivity index (χ2v) is 1.73. The molecule has 0 aromatic rings. The van der Waals surface area contributed by atoms with E-state index in [1.165, 1.54) is 6.08 Å². The summed E-state index contributed by atoms with van der Waals surface area (Å²) < 4.78 is 0. The summed E-state index contributed by atoms with van der Waals surface area (Å²) in [5, 5.41) is 8.29. The molecule has 0 radical (unpaired) electrons. The van der Waals surface area contributed by atoms with Gasteiger partial charge in [0.25, 0.3) is 0 Å². The molecule has 0 heterocycles. The van der Waals surface area contributed by atoms with Crippen molar-refractivity contribution in [1.82, 2.24) is 0 Å². The van der Waals surface area contributed by atoms with Crippen molar-refractivity contribution in [3.63, 3.8) is 0 Å². The largest absolute Gasteiger partial charge is 0.289 e. The summed E-state index contributed by atoms with van der Waals surface area (Å²) >= 11 is 0. The van der Waals surface area contributed by atoms with Crippen molar-refractivity contribution < 1.29 is 4.79 Å². The molecule has 1 aliphatic carbocycles. The fourth-order valence-corrected chi connectivity index (χ4v) is 0.652. The van der Waals surface area contributed by atoms with Crippen molar-refractivity contribution in [1.29, 1.82) is 5.26 Å². The van der Waals surface area contributed by atoms with Gasteiger partial charge in [0.2, 0.25) is 0 Å². The number of carbonyl (C=O) groups excluding carboxylic acids is 1. The molecule has 0 atom stereocenters. The van der Waals surface area contributed by atoms with E-state index in [1.54, 1.807) is 12.2 Å². The summed E-state index contributed by atoms with van der Waals surface area (Å²) in [5.41, 5.74) is 0.262. The Balaban J connectivity index is 2.86. The number of nitrogens with zero attached hydrogens (tertiary/aromatic N) is 1. The first-order valence-corrected chi connectivity index (χ1v) is 2.65. The molecule has 0 aromatic carbocycles. The van der Waals surface area contributed by atoms with Gasteiger partial charge in [-0.05, 0) is 12.5 Å². The highest BCUT2D eigenvalue weighted by Crippen LogP contribution is 2.04. The van der Waals surface area contributed by atoms with Gasteiger partial charge in [-0.3, -0.25) is 4.79 Å². The van der Waals surface area contributed by atoms with Crippen LogP contribution in [0.25, 0.3) is 0 Å². The van der Waals surface area contributed by atoms with Crippen LogP contribution in [-0.4, -0.2) is 5.78 Å². The van der Waals surface area contributed by atoms with E-state index in [0.717, 1.165) is 0 Å². The number of hydrogen-bond donors (Lipinski definition) is 0. The van der Waals surface area contributed by atoms with Crippen LogP contribution in [0.4, 0.5) is 0 Å². The van der Waals surface area contributed by atoms with Crippen molar-refractivity contribution in [3.8, 4) is 6.07 Å². The van der Waals surface area contributed by atoms with E-state index < -0.39 is 0 Å². The molecule has 0 saturated heterocycles. The third-order valence-electron chi connectivity index (χ3n) is 1.11. The first-order chi connectivity index (χ1) is 4.34. The molecule has 0 N–H and O–H groups in total. The molecule has 0 saturated carbocycles. The fraction of sp³-hybridized carbons (Fsp3) is 0.143. The Kier molecular flexibility index (Phi) is 1.46. The topological polar surface area (TPSA) is 40.9 Å². The number of rotatable bonds is 0. The lowest BCUT2D eigenvalue weighted by molar-refractivity contribution is -0.111. The Labute approximate surface area is 53.1 Å². The van der Waals surface area contributed by atoms with Gasteiger partial charge in [-0.1, -0.05) is 12.2 Å². The van der Waals surface area contributed by atoms with E-state index in [2.05, 4.69) is 0 Å². The van der Waals surface area contributed by atoms with E-state index >= 15 is 0 Å². The summed E-state index contributed by atoms with van der Waals surface area (Å²) in [7, 11) is 0. The lowest BCUT2D eigenvalue weighted by Gasteiger charge is -1.94. The van der Waals surface area contributed by atoms with E-state index in [-0.39, 0.29) is 11.4 Å². The quantitative estimate of drug-likeness (QED) is 0.476. The van der Waals surface area contributed by atoms with Gasteiger partial charge in [-0.25, -0.2) is 0 Å². The average molecular weight is 119 g/mol. The van der Waals surface area contributed by atoms with Gasteiger partial charge >= 0.3 is 0 Å². The number of hydrogen-bond acceptors (Lipinski definition) is 2. The van der Waals surface area contributed by atoms with Crippen LogP contribution in [0.5, 0.6) is 0 Å². The minimum absolute atomic E-state index is 0.177. The number of allylic oxidation sites excluding steroid dienone is 4. The molecule has 0 unspecified atom stereocenters. The minimum Gasteiger partial charge on any atom is -0.289 e. The highest BCUT2D eigenvalue weighted by atomic mass is 16.1. The summed E-state index contributed by atoms with van der Waals surface area (Å²) in [4.78, 5) is 10.6. The number of ketones is 1. The van der Waals surface area contributed by atoms with E-state index in [9.17, 15) is 4.79 Å². The van der Waals surface area contributed by atoms with Crippen LogP contribution in [0.15, 0.2) is 23.8 Å². The second-order valence-electron chi connectivity index (χ2n) is 1.73. The fourth-order valence-electron chi connectivity index (χ4n) is 0.652. The van der Waals surface area contributed by atoms with Gasteiger partial charge in [-0.2, -0.15) is 5.26 Å². The van der Waals surface area contributed by atoms with E-state index in [1.807, 2.05) is 6.07 Å². The van der Waals surface area contributed by atoms with Crippen LogP contribution < -0.4 is 0 Å². The third-order valence-corrected chi connectivity index (χ3v) is 1.11. The summed E-state index contributed by atoms with van der Waals surface area (Å²) in [6.07, 6.45) is 5.50. The standard InChI is InChI=1S/C7H5NO/c8-5-6-3-1-2-4-7(6)9/h2-4H,1H2. The lowest BCUT2D eigenvalue weighted by Crippen LogP contribution is -1.98. The highest BCUT2D eigenvalue weighted by Gasteiger charge is 2.05. The van der Waals surface area contributed by atoms with Gasteiger partial charge in [0.05, 0.1) is 5.57 Å². The first kappa shape index (κ1) is 5.77. The third kappa shape index (κ3) is 1.06. The zero-order valence-electron chi connectivity index (χ0n) is 4.79. The normalized spacial score (nSPS) is 16.8. The van der Waals surface area contributed by atoms with Crippen molar-refractivity contribution in [3.05, 3.63) is 23.8 Å². The molecule has 0 spiro atoms. The molecule has 2 heteroatoms. The first-order valence-electron chi connectivity index (χ1n) is 2.65. The molecular formula is C7H5NO. The molecule has 0 fully saturated rings. The summed E-state index contributed by atoms with van der Waals surface area (Å²) in [5.74, 6) is -0.177. The van der Waals surface area contributed by atoms with Crippen molar-refractivity contribution in [2.75, 3.05) is 0 Å². The Morgan fingerprint density at radius 3 is 2.89 bits per heavy atom. The highest BCUT2D eigenvalue weighted by molar-refractivity contribution is 6.07. The molecule has 1 rings (SSSR count). The smallest absolute Gasteiger partial charge is 0.195 e. The molecular weight excluding hydrogens is 114 g/mol. The number of carbonyl (C=O) groups is 1. The average Bonchev–Trinajstić information content (AvgIpc) is 1.89.